The van der Waals surface area contributed by atoms with Gasteiger partial charge in [0.1, 0.15) is 0 Å². The number of amides is 1. The first-order valence-electron chi connectivity index (χ1n) is 8.79. The van der Waals surface area contributed by atoms with Crippen molar-refractivity contribution >= 4 is 5.91 Å². The Morgan fingerprint density at radius 3 is 2.73 bits per heavy atom. The van der Waals surface area contributed by atoms with Gasteiger partial charge in [0.2, 0.25) is 5.91 Å². The van der Waals surface area contributed by atoms with Crippen LogP contribution in [0.1, 0.15) is 44.6 Å². The minimum absolute atomic E-state index is 0.179. The molecule has 1 N–H and O–H groups in total. The van der Waals surface area contributed by atoms with Crippen LogP contribution in [0.4, 0.5) is 0 Å². The van der Waals surface area contributed by atoms with Gasteiger partial charge in [0.15, 0.2) is 0 Å². The SMILES string of the molecule is CC1CCCCC1NC(=O)C1CCN(Cc2ccccc2)C1. The number of nitrogens with zero attached hydrogens (tertiary/aromatic N) is 1. The number of hydrogen-bond acceptors (Lipinski definition) is 2. The van der Waals surface area contributed by atoms with Crippen molar-refractivity contribution in [1.29, 1.82) is 0 Å². The summed E-state index contributed by atoms with van der Waals surface area (Å²) in [6.07, 6.45) is 6.00. The van der Waals surface area contributed by atoms with Crippen LogP contribution in [-0.4, -0.2) is 29.9 Å². The number of carbonyl (C=O) groups excluding carboxylic acids is 1. The molecule has 3 nitrogen and oxygen atoms in total. The molecule has 22 heavy (non-hydrogen) atoms. The van der Waals surface area contributed by atoms with E-state index in [1.54, 1.807) is 0 Å². The summed E-state index contributed by atoms with van der Waals surface area (Å²) in [5.41, 5.74) is 1.34. The largest absolute Gasteiger partial charge is 0.353 e. The van der Waals surface area contributed by atoms with Gasteiger partial charge in [-0.05, 0) is 37.3 Å². The Labute approximate surface area is 134 Å². The number of nitrogens with one attached hydrogen (secondary N) is 1. The molecule has 1 amide bonds. The highest BCUT2D eigenvalue weighted by Gasteiger charge is 2.31. The van der Waals surface area contributed by atoms with E-state index in [0.29, 0.717) is 12.0 Å². The topological polar surface area (TPSA) is 32.3 Å². The van der Waals surface area contributed by atoms with Crippen LogP contribution in [-0.2, 0) is 11.3 Å². The summed E-state index contributed by atoms with van der Waals surface area (Å²) < 4.78 is 0. The van der Waals surface area contributed by atoms with Gasteiger partial charge in [-0.3, -0.25) is 9.69 Å². The molecular weight excluding hydrogens is 272 g/mol. The van der Waals surface area contributed by atoms with Gasteiger partial charge >= 0.3 is 0 Å². The number of rotatable bonds is 4. The van der Waals surface area contributed by atoms with E-state index in [1.165, 1.54) is 24.8 Å². The lowest BCUT2D eigenvalue weighted by Gasteiger charge is -2.30. The Balaban J connectivity index is 1.48. The third-order valence-electron chi connectivity index (χ3n) is 5.33. The molecule has 0 spiro atoms. The quantitative estimate of drug-likeness (QED) is 0.926. The molecule has 1 aliphatic heterocycles. The molecular formula is C19H28N2O. The van der Waals surface area contributed by atoms with Crippen molar-refractivity contribution in [3.05, 3.63) is 35.9 Å². The molecule has 3 unspecified atom stereocenters. The molecule has 1 heterocycles. The molecule has 1 aromatic rings. The predicted molar refractivity (Wildman–Crippen MR) is 89.4 cm³/mol. The second kappa shape index (κ2) is 7.28. The second-order valence-electron chi connectivity index (χ2n) is 7.08. The lowest BCUT2D eigenvalue weighted by atomic mass is 9.85. The summed E-state index contributed by atoms with van der Waals surface area (Å²) in [5, 5.41) is 3.33. The highest BCUT2D eigenvalue weighted by atomic mass is 16.2. The fourth-order valence-corrected chi connectivity index (χ4v) is 3.86. The van der Waals surface area contributed by atoms with Gasteiger partial charge < -0.3 is 5.32 Å². The first-order chi connectivity index (χ1) is 10.7. The van der Waals surface area contributed by atoms with Crippen molar-refractivity contribution in [2.75, 3.05) is 13.1 Å². The van der Waals surface area contributed by atoms with Crippen LogP contribution < -0.4 is 5.32 Å². The number of likely N-dealkylation sites (tertiary alicyclic amines) is 1. The maximum absolute atomic E-state index is 12.5. The van der Waals surface area contributed by atoms with Crippen molar-refractivity contribution in [1.82, 2.24) is 10.2 Å². The molecule has 1 saturated carbocycles. The molecule has 120 valence electrons. The monoisotopic (exact) mass is 300 g/mol. The summed E-state index contributed by atoms with van der Waals surface area (Å²) >= 11 is 0. The van der Waals surface area contributed by atoms with E-state index < -0.39 is 0 Å². The highest BCUT2D eigenvalue weighted by molar-refractivity contribution is 5.79. The van der Waals surface area contributed by atoms with Crippen LogP contribution in [0.15, 0.2) is 30.3 Å². The molecule has 0 radical (unpaired) electrons. The Hall–Kier alpha value is -1.35. The van der Waals surface area contributed by atoms with Gasteiger partial charge in [-0.1, -0.05) is 50.1 Å². The molecule has 2 fully saturated rings. The summed E-state index contributed by atoms with van der Waals surface area (Å²) in [5.74, 6) is 1.10. The summed E-state index contributed by atoms with van der Waals surface area (Å²) in [7, 11) is 0. The van der Waals surface area contributed by atoms with Crippen molar-refractivity contribution < 1.29 is 4.79 Å². The summed E-state index contributed by atoms with van der Waals surface area (Å²) in [6, 6.07) is 11.0. The zero-order valence-electron chi connectivity index (χ0n) is 13.6. The maximum atomic E-state index is 12.5. The van der Waals surface area contributed by atoms with Gasteiger partial charge in [-0.25, -0.2) is 0 Å². The van der Waals surface area contributed by atoms with E-state index in [9.17, 15) is 4.79 Å². The Morgan fingerprint density at radius 2 is 1.95 bits per heavy atom. The Bertz CT molecular complexity index is 487. The van der Waals surface area contributed by atoms with Gasteiger partial charge in [0, 0.05) is 19.1 Å². The molecule has 1 aliphatic carbocycles. The summed E-state index contributed by atoms with van der Waals surface area (Å²) in [4.78, 5) is 14.9. The average Bonchev–Trinajstić information content (AvgIpc) is 2.99. The first kappa shape index (κ1) is 15.5. The molecule has 3 rings (SSSR count). The lowest BCUT2D eigenvalue weighted by Crippen LogP contribution is -2.44. The van der Waals surface area contributed by atoms with Crippen LogP contribution in [0.2, 0.25) is 0 Å². The fraction of sp³-hybridized carbons (Fsp3) is 0.632. The third kappa shape index (κ3) is 3.89. The van der Waals surface area contributed by atoms with Crippen molar-refractivity contribution in [2.45, 2.75) is 51.6 Å². The zero-order chi connectivity index (χ0) is 15.4. The van der Waals surface area contributed by atoms with Gasteiger partial charge in [0.25, 0.3) is 0 Å². The average molecular weight is 300 g/mol. The number of carbonyl (C=O) groups is 1. The van der Waals surface area contributed by atoms with Crippen molar-refractivity contribution in [2.24, 2.45) is 11.8 Å². The fourth-order valence-electron chi connectivity index (χ4n) is 3.86. The van der Waals surface area contributed by atoms with Crippen LogP contribution in [0.3, 0.4) is 0 Å². The number of hydrogen-bond donors (Lipinski definition) is 1. The van der Waals surface area contributed by atoms with Gasteiger partial charge in [-0.2, -0.15) is 0 Å². The van der Waals surface area contributed by atoms with Crippen LogP contribution in [0.5, 0.6) is 0 Å². The molecule has 1 aromatic carbocycles. The molecule has 3 atom stereocenters. The predicted octanol–water partition coefficient (Wildman–Crippen LogP) is 3.20. The van der Waals surface area contributed by atoms with Crippen molar-refractivity contribution in [3.8, 4) is 0 Å². The minimum atomic E-state index is 0.179. The molecule has 1 saturated heterocycles. The van der Waals surface area contributed by atoms with Crippen LogP contribution in [0.25, 0.3) is 0 Å². The normalized spacial score (nSPS) is 29.4. The van der Waals surface area contributed by atoms with Crippen LogP contribution >= 0.6 is 0 Å². The minimum Gasteiger partial charge on any atom is -0.353 e. The summed E-state index contributed by atoms with van der Waals surface area (Å²) in [6.45, 7) is 5.18. The van der Waals surface area contributed by atoms with E-state index >= 15 is 0 Å². The van der Waals surface area contributed by atoms with E-state index in [4.69, 9.17) is 0 Å². The highest BCUT2D eigenvalue weighted by Crippen LogP contribution is 2.25. The number of benzene rings is 1. The maximum Gasteiger partial charge on any atom is 0.224 e. The molecule has 2 aliphatic rings. The first-order valence-corrected chi connectivity index (χ1v) is 8.79. The van der Waals surface area contributed by atoms with Crippen molar-refractivity contribution in [3.63, 3.8) is 0 Å². The second-order valence-corrected chi connectivity index (χ2v) is 7.08. The zero-order valence-corrected chi connectivity index (χ0v) is 13.6. The standard InChI is InChI=1S/C19H28N2O/c1-15-7-5-6-10-18(15)20-19(22)17-11-12-21(14-17)13-16-8-3-2-4-9-16/h2-4,8-9,15,17-18H,5-7,10-14H2,1H3,(H,20,22). The van der Waals surface area contributed by atoms with Crippen LogP contribution in [0, 0.1) is 11.8 Å². The Kier molecular flexibility index (Phi) is 5.14. The van der Waals surface area contributed by atoms with Gasteiger partial charge in [-0.15, -0.1) is 0 Å². The third-order valence-corrected chi connectivity index (χ3v) is 5.33. The smallest absolute Gasteiger partial charge is 0.224 e. The van der Waals surface area contributed by atoms with Gasteiger partial charge in [0.05, 0.1) is 5.92 Å². The molecule has 3 heteroatoms. The van der Waals surface area contributed by atoms with E-state index in [0.717, 1.165) is 32.5 Å². The van der Waals surface area contributed by atoms with E-state index in [1.807, 2.05) is 0 Å². The van der Waals surface area contributed by atoms with E-state index in [-0.39, 0.29) is 11.8 Å². The molecule has 0 aromatic heterocycles. The molecule has 0 bridgehead atoms. The lowest BCUT2D eigenvalue weighted by molar-refractivity contribution is -0.125. The van der Waals surface area contributed by atoms with E-state index in [2.05, 4.69) is 47.5 Å². The Morgan fingerprint density at radius 1 is 1.18 bits per heavy atom.